The van der Waals surface area contributed by atoms with Crippen molar-refractivity contribution in [3.05, 3.63) is 35.6 Å². The number of rotatable bonds is 2. The first-order valence-corrected chi connectivity index (χ1v) is 13.2. The van der Waals surface area contributed by atoms with Gasteiger partial charge in [-0.2, -0.15) is 23.9 Å². The predicted molar refractivity (Wildman–Crippen MR) is 66.8 cm³/mol. The fourth-order valence-corrected chi connectivity index (χ4v) is 2.55. The number of thioether (sulfide) groups is 1. The van der Waals surface area contributed by atoms with E-state index in [1.807, 2.05) is 11.8 Å². The van der Waals surface area contributed by atoms with E-state index in [4.69, 9.17) is 0 Å². The summed E-state index contributed by atoms with van der Waals surface area (Å²) in [5.74, 6) is 2.22. The van der Waals surface area contributed by atoms with Crippen molar-refractivity contribution in [2.24, 2.45) is 0 Å². The van der Waals surface area contributed by atoms with Crippen molar-refractivity contribution < 1.29 is 20.7 Å². The SMILES string of the molecule is Fc1cc[c-]c(CN2CCSCC2)c1.[Zn+][Br]. The van der Waals surface area contributed by atoms with E-state index in [0.717, 1.165) is 25.2 Å². The summed E-state index contributed by atoms with van der Waals surface area (Å²) in [4.78, 5) is 2.35. The third-order valence-electron chi connectivity index (χ3n) is 2.32. The summed E-state index contributed by atoms with van der Waals surface area (Å²) >= 11 is 6.24. The Kier molecular flexibility index (Phi) is 7.88. The van der Waals surface area contributed by atoms with Crippen LogP contribution in [0.4, 0.5) is 4.39 Å². The molecule has 1 aliphatic heterocycles. The first-order valence-electron chi connectivity index (χ1n) is 5.07. The maximum atomic E-state index is 12.9. The van der Waals surface area contributed by atoms with Crippen molar-refractivity contribution in [1.29, 1.82) is 0 Å². The third-order valence-corrected chi connectivity index (χ3v) is 3.26. The van der Waals surface area contributed by atoms with Crippen molar-refractivity contribution in [2.45, 2.75) is 6.54 Å². The fraction of sp³-hybridized carbons (Fsp3) is 0.455. The van der Waals surface area contributed by atoms with Crippen molar-refractivity contribution in [2.75, 3.05) is 24.6 Å². The van der Waals surface area contributed by atoms with Gasteiger partial charge in [-0.1, -0.05) is 0 Å². The first kappa shape index (κ1) is 14.6. The van der Waals surface area contributed by atoms with E-state index in [-0.39, 0.29) is 5.82 Å². The summed E-state index contributed by atoms with van der Waals surface area (Å²) in [7, 11) is 0. The van der Waals surface area contributed by atoms with Crippen LogP contribution in [-0.2, 0) is 22.9 Å². The summed E-state index contributed by atoms with van der Waals surface area (Å²) in [5.41, 5.74) is 0.955. The Morgan fingerprint density at radius 1 is 1.44 bits per heavy atom. The monoisotopic (exact) mass is 353 g/mol. The summed E-state index contributed by atoms with van der Waals surface area (Å²) in [5, 5.41) is 0. The van der Waals surface area contributed by atoms with Crippen LogP contribution in [0.15, 0.2) is 18.2 Å². The zero-order chi connectivity index (χ0) is 11.8. The quantitative estimate of drug-likeness (QED) is 0.593. The molecule has 0 saturated carbocycles. The van der Waals surface area contributed by atoms with Crippen LogP contribution in [0, 0.1) is 11.9 Å². The van der Waals surface area contributed by atoms with Crippen LogP contribution in [0.2, 0.25) is 0 Å². The molecular weight excluding hydrogens is 342 g/mol. The molecule has 1 aliphatic rings. The Hall–Kier alpha value is 0.563. The minimum atomic E-state index is -0.162. The zero-order valence-corrected chi connectivity index (χ0v) is 14.5. The van der Waals surface area contributed by atoms with E-state index in [1.54, 1.807) is 12.1 Å². The van der Waals surface area contributed by atoms with Gasteiger partial charge in [-0.05, 0) is 0 Å². The normalized spacial score (nSPS) is 16.5. The molecule has 0 radical (unpaired) electrons. The number of benzene rings is 1. The summed E-state index contributed by atoms with van der Waals surface area (Å²) in [6, 6.07) is 7.74. The summed E-state index contributed by atoms with van der Waals surface area (Å²) < 4.78 is 12.9. The van der Waals surface area contributed by atoms with Crippen LogP contribution in [0.25, 0.3) is 0 Å². The van der Waals surface area contributed by atoms with Gasteiger partial charge in [0.25, 0.3) is 0 Å². The Balaban J connectivity index is 0.000000606. The molecule has 0 aliphatic carbocycles. The summed E-state index contributed by atoms with van der Waals surface area (Å²) in [6.07, 6.45) is 0. The topological polar surface area (TPSA) is 3.24 Å². The molecule has 1 nitrogen and oxygen atoms in total. The van der Waals surface area contributed by atoms with Gasteiger partial charge in [0.05, 0.1) is 0 Å². The van der Waals surface area contributed by atoms with Gasteiger partial charge in [-0.15, -0.1) is 17.7 Å². The van der Waals surface area contributed by atoms with Gasteiger partial charge >= 0.3 is 30.0 Å². The molecule has 0 bridgehead atoms. The van der Waals surface area contributed by atoms with Gasteiger partial charge in [-0.25, -0.2) is 4.39 Å². The average molecular weight is 356 g/mol. The zero-order valence-electron chi connectivity index (χ0n) is 9.09. The van der Waals surface area contributed by atoms with Gasteiger partial charge < -0.3 is 0 Å². The molecule has 1 fully saturated rings. The van der Waals surface area contributed by atoms with Crippen molar-refractivity contribution in [1.82, 2.24) is 4.90 Å². The van der Waals surface area contributed by atoms with Crippen LogP contribution in [0.5, 0.6) is 0 Å². The molecule has 1 aromatic rings. The average Bonchev–Trinajstić information content (AvgIpc) is 2.33. The molecule has 0 unspecified atom stereocenters. The predicted octanol–water partition coefficient (Wildman–Crippen LogP) is 3.02. The number of nitrogens with zero attached hydrogens (tertiary/aromatic N) is 1. The standard InChI is InChI=1S/C11H13FNS.BrH.Zn/c12-11-3-1-2-10(8-11)9-13-4-6-14-7-5-13;;/h1,3,8H,4-7,9H2;1H;/q-1;;+2/p-1. The number of hydrogen-bond donors (Lipinski definition) is 0. The van der Waals surface area contributed by atoms with Crippen LogP contribution >= 0.6 is 25.4 Å². The number of halogens is 2. The van der Waals surface area contributed by atoms with E-state index in [9.17, 15) is 4.39 Å². The van der Waals surface area contributed by atoms with Crippen LogP contribution in [0.3, 0.4) is 0 Å². The molecule has 84 valence electrons. The van der Waals surface area contributed by atoms with E-state index in [2.05, 4.69) is 24.6 Å². The van der Waals surface area contributed by atoms with Gasteiger partial charge in [-0.3, -0.25) is 4.90 Å². The van der Waals surface area contributed by atoms with Crippen molar-refractivity contribution >= 4 is 25.4 Å². The van der Waals surface area contributed by atoms with E-state index < -0.39 is 0 Å². The van der Waals surface area contributed by atoms with Crippen molar-refractivity contribution in [3.63, 3.8) is 0 Å². The Bertz CT molecular complexity index is 308. The fourth-order valence-electron chi connectivity index (χ4n) is 1.58. The van der Waals surface area contributed by atoms with E-state index in [1.165, 1.54) is 33.9 Å². The molecule has 0 aromatic heterocycles. The van der Waals surface area contributed by atoms with E-state index >= 15 is 0 Å². The molecule has 5 heteroatoms. The van der Waals surface area contributed by atoms with Crippen molar-refractivity contribution in [3.8, 4) is 0 Å². The van der Waals surface area contributed by atoms with Crippen LogP contribution in [-0.4, -0.2) is 29.5 Å². The maximum absolute atomic E-state index is 12.9. The van der Waals surface area contributed by atoms with Gasteiger partial charge in [0, 0.05) is 37.0 Å². The Labute approximate surface area is 117 Å². The molecule has 1 aromatic carbocycles. The molecule has 0 amide bonds. The first-order chi connectivity index (χ1) is 7.84. The van der Waals surface area contributed by atoms with Gasteiger partial charge in [0.1, 0.15) is 0 Å². The Morgan fingerprint density at radius 3 is 2.75 bits per heavy atom. The molecule has 1 saturated heterocycles. The van der Waals surface area contributed by atoms with Gasteiger partial charge in [0.15, 0.2) is 0 Å². The van der Waals surface area contributed by atoms with E-state index in [0.29, 0.717) is 0 Å². The minimum absolute atomic E-state index is 0.162. The second kappa shape index (κ2) is 8.62. The molecule has 0 atom stereocenters. The van der Waals surface area contributed by atoms with Crippen LogP contribution in [0.1, 0.15) is 5.56 Å². The third kappa shape index (κ3) is 5.26. The second-order valence-electron chi connectivity index (χ2n) is 3.42. The molecule has 2 rings (SSSR count). The molecule has 0 N–H and O–H groups in total. The molecule has 0 spiro atoms. The van der Waals surface area contributed by atoms with Crippen LogP contribution < -0.4 is 0 Å². The number of hydrogen-bond acceptors (Lipinski definition) is 2. The molecular formula is C11H13BrFNSZn. The van der Waals surface area contributed by atoms with Gasteiger partial charge in [0.2, 0.25) is 0 Å². The summed E-state index contributed by atoms with van der Waals surface area (Å²) in [6.45, 7) is 3.04. The second-order valence-corrected chi connectivity index (χ2v) is 4.65. The molecule has 16 heavy (non-hydrogen) atoms. The molecule has 1 heterocycles. The Morgan fingerprint density at radius 2 is 2.12 bits per heavy atom.